The molecule has 0 spiro atoms. The molecule has 0 aliphatic carbocycles. The number of benzene rings is 2. The largest absolute Gasteiger partial charge is 0.484 e. The van der Waals surface area contributed by atoms with Gasteiger partial charge in [-0.3, -0.25) is 0 Å². The maximum absolute atomic E-state index is 6.46. The molecule has 0 saturated carbocycles. The number of rotatable bonds is 6. The van der Waals surface area contributed by atoms with E-state index in [1.165, 1.54) is 24.9 Å². The van der Waals surface area contributed by atoms with E-state index in [0.29, 0.717) is 16.6 Å². The van der Waals surface area contributed by atoms with Crippen molar-refractivity contribution in [2.45, 2.75) is 31.9 Å². The van der Waals surface area contributed by atoms with Gasteiger partial charge in [0, 0.05) is 46.8 Å². The van der Waals surface area contributed by atoms with E-state index >= 15 is 0 Å². The summed E-state index contributed by atoms with van der Waals surface area (Å²) in [5.74, 6) is 0.817. The molecule has 1 aromatic heterocycles. The van der Waals surface area contributed by atoms with Gasteiger partial charge in [-0.05, 0) is 55.7 Å². The molecule has 3 aromatic rings. The Hall–Kier alpha value is -2.17. The molecule has 1 aliphatic heterocycles. The van der Waals surface area contributed by atoms with Crippen molar-refractivity contribution in [1.82, 2.24) is 9.55 Å². The summed E-state index contributed by atoms with van der Waals surface area (Å²) in [5, 5.41) is 1.21. The second kappa shape index (κ2) is 8.89. The van der Waals surface area contributed by atoms with Crippen LogP contribution in [0.15, 0.2) is 61.2 Å². The summed E-state index contributed by atoms with van der Waals surface area (Å²) in [7, 11) is 0. The van der Waals surface area contributed by atoms with Crippen LogP contribution in [0.2, 0.25) is 10.0 Å². The maximum Gasteiger partial charge on any atom is 0.143 e. The maximum atomic E-state index is 6.46. The average molecular weight is 416 g/mol. The van der Waals surface area contributed by atoms with E-state index in [0.717, 1.165) is 24.4 Å². The quantitative estimate of drug-likeness (QED) is 0.494. The lowest BCUT2D eigenvalue weighted by atomic mass is 10.1. The SMILES string of the molecule is Clc1ccc(C(Cn2ccnc2)Oc2ccc(N3CCCCC3)cc2)c(Cl)c1. The van der Waals surface area contributed by atoms with Crippen LogP contribution in [-0.4, -0.2) is 22.6 Å². The third-order valence-electron chi connectivity index (χ3n) is 5.08. The molecule has 4 rings (SSSR count). The van der Waals surface area contributed by atoms with Gasteiger partial charge in [-0.25, -0.2) is 4.98 Å². The van der Waals surface area contributed by atoms with Gasteiger partial charge in [-0.2, -0.15) is 0 Å². The lowest BCUT2D eigenvalue weighted by Crippen LogP contribution is -2.29. The Labute approximate surface area is 175 Å². The summed E-state index contributed by atoms with van der Waals surface area (Å²) in [6.07, 6.45) is 9.06. The van der Waals surface area contributed by atoms with Crippen LogP contribution in [0.5, 0.6) is 5.75 Å². The van der Waals surface area contributed by atoms with E-state index in [1.54, 1.807) is 18.6 Å². The number of anilines is 1. The molecule has 1 saturated heterocycles. The minimum atomic E-state index is -0.250. The van der Waals surface area contributed by atoms with Crippen LogP contribution in [0, 0.1) is 0 Å². The molecule has 1 atom stereocenters. The summed E-state index contributed by atoms with van der Waals surface area (Å²) in [4.78, 5) is 6.56. The highest BCUT2D eigenvalue weighted by molar-refractivity contribution is 6.35. The Balaban J connectivity index is 1.54. The van der Waals surface area contributed by atoms with Crippen LogP contribution < -0.4 is 9.64 Å². The van der Waals surface area contributed by atoms with E-state index in [1.807, 2.05) is 35.0 Å². The van der Waals surface area contributed by atoms with Crippen LogP contribution >= 0.6 is 23.2 Å². The first-order valence-corrected chi connectivity index (χ1v) is 10.4. The first kappa shape index (κ1) is 19.2. The van der Waals surface area contributed by atoms with E-state index in [-0.39, 0.29) is 6.10 Å². The Bertz CT molecular complexity index is 891. The van der Waals surface area contributed by atoms with Crippen molar-refractivity contribution in [3.8, 4) is 5.75 Å². The fraction of sp³-hybridized carbons (Fsp3) is 0.318. The Morgan fingerprint density at radius 1 is 1.00 bits per heavy atom. The van der Waals surface area contributed by atoms with E-state index in [9.17, 15) is 0 Å². The van der Waals surface area contributed by atoms with Crippen molar-refractivity contribution in [2.24, 2.45) is 0 Å². The summed E-state index contributed by atoms with van der Waals surface area (Å²) in [6.45, 7) is 2.86. The van der Waals surface area contributed by atoms with E-state index in [4.69, 9.17) is 27.9 Å². The number of hydrogen-bond acceptors (Lipinski definition) is 3. The molecule has 0 N–H and O–H groups in total. The van der Waals surface area contributed by atoms with Gasteiger partial charge in [0.25, 0.3) is 0 Å². The van der Waals surface area contributed by atoms with Crippen molar-refractivity contribution in [2.75, 3.05) is 18.0 Å². The van der Waals surface area contributed by atoms with Gasteiger partial charge >= 0.3 is 0 Å². The molecular weight excluding hydrogens is 393 g/mol. The molecule has 0 radical (unpaired) electrons. The molecule has 0 amide bonds. The highest BCUT2D eigenvalue weighted by Crippen LogP contribution is 2.32. The van der Waals surface area contributed by atoms with Gasteiger partial charge in [0.05, 0.1) is 12.9 Å². The molecule has 6 heteroatoms. The standard InChI is InChI=1S/C22H23Cl2N3O/c23-17-4-9-20(21(24)14-17)22(15-26-13-10-25-16-26)28-19-7-5-18(6-8-19)27-11-2-1-3-12-27/h4-10,13-14,16,22H,1-3,11-12,15H2. The molecule has 4 nitrogen and oxygen atoms in total. The first-order valence-electron chi connectivity index (χ1n) is 9.61. The predicted molar refractivity (Wildman–Crippen MR) is 115 cm³/mol. The summed E-state index contributed by atoms with van der Waals surface area (Å²) in [6, 6.07) is 13.9. The highest BCUT2D eigenvalue weighted by atomic mass is 35.5. The molecule has 2 aromatic carbocycles. The van der Waals surface area contributed by atoms with Crippen LogP contribution in [0.25, 0.3) is 0 Å². The van der Waals surface area contributed by atoms with Gasteiger partial charge in [0.1, 0.15) is 11.9 Å². The molecule has 1 unspecified atom stereocenters. The van der Waals surface area contributed by atoms with E-state index < -0.39 is 0 Å². The van der Waals surface area contributed by atoms with Gasteiger partial charge in [-0.1, -0.05) is 29.3 Å². The number of ether oxygens (including phenoxy) is 1. The molecule has 28 heavy (non-hydrogen) atoms. The predicted octanol–water partition coefficient (Wildman–Crippen LogP) is 6.00. The van der Waals surface area contributed by atoms with Gasteiger partial charge in [0.15, 0.2) is 0 Å². The van der Waals surface area contributed by atoms with Gasteiger partial charge < -0.3 is 14.2 Å². The molecule has 1 aliphatic rings. The van der Waals surface area contributed by atoms with E-state index in [2.05, 4.69) is 22.0 Å². The fourth-order valence-corrected chi connectivity index (χ4v) is 4.13. The van der Waals surface area contributed by atoms with Crippen LogP contribution in [0.3, 0.4) is 0 Å². The zero-order chi connectivity index (χ0) is 19.3. The minimum Gasteiger partial charge on any atom is -0.484 e. The van der Waals surface area contributed by atoms with Crippen molar-refractivity contribution in [3.63, 3.8) is 0 Å². The lowest BCUT2D eigenvalue weighted by molar-refractivity contribution is 0.183. The number of nitrogens with zero attached hydrogens (tertiary/aromatic N) is 3. The third-order valence-corrected chi connectivity index (χ3v) is 5.64. The Kier molecular flexibility index (Phi) is 6.08. The lowest BCUT2D eigenvalue weighted by Gasteiger charge is -2.29. The average Bonchev–Trinajstić information content (AvgIpc) is 3.22. The summed E-state index contributed by atoms with van der Waals surface area (Å²) >= 11 is 12.5. The summed E-state index contributed by atoms with van der Waals surface area (Å²) < 4.78 is 8.33. The molecule has 1 fully saturated rings. The third kappa shape index (κ3) is 4.62. The molecule has 146 valence electrons. The molecular formula is C22H23Cl2N3O. The molecule has 2 heterocycles. The highest BCUT2D eigenvalue weighted by Gasteiger charge is 2.18. The van der Waals surface area contributed by atoms with Crippen LogP contribution in [-0.2, 0) is 6.54 Å². The minimum absolute atomic E-state index is 0.250. The first-order chi connectivity index (χ1) is 13.7. The normalized spacial score (nSPS) is 15.4. The van der Waals surface area contributed by atoms with Crippen LogP contribution in [0.1, 0.15) is 30.9 Å². The van der Waals surface area contributed by atoms with Crippen molar-refractivity contribution in [3.05, 3.63) is 76.8 Å². The Morgan fingerprint density at radius 3 is 2.46 bits per heavy atom. The van der Waals surface area contributed by atoms with Crippen LogP contribution in [0.4, 0.5) is 5.69 Å². The van der Waals surface area contributed by atoms with Gasteiger partial charge in [-0.15, -0.1) is 0 Å². The Morgan fingerprint density at radius 2 is 1.79 bits per heavy atom. The summed E-state index contributed by atoms with van der Waals surface area (Å²) in [5.41, 5.74) is 2.16. The smallest absolute Gasteiger partial charge is 0.143 e. The topological polar surface area (TPSA) is 30.3 Å². The monoisotopic (exact) mass is 415 g/mol. The molecule has 0 bridgehead atoms. The zero-order valence-electron chi connectivity index (χ0n) is 15.6. The second-order valence-corrected chi connectivity index (χ2v) is 7.92. The number of piperidine rings is 1. The number of halogens is 2. The number of hydrogen-bond donors (Lipinski definition) is 0. The van der Waals surface area contributed by atoms with Crippen molar-refractivity contribution < 1.29 is 4.74 Å². The zero-order valence-corrected chi connectivity index (χ0v) is 17.1. The number of aromatic nitrogens is 2. The van der Waals surface area contributed by atoms with Crippen molar-refractivity contribution in [1.29, 1.82) is 0 Å². The second-order valence-electron chi connectivity index (χ2n) is 7.07. The van der Waals surface area contributed by atoms with Gasteiger partial charge in [0.2, 0.25) is 0 Å². The van der Waals surface area contributed by atoms with Crippen molar-refractivity contribution >= 4 is 28.9 Å². The number of imidazole rings is 1. The fourth-order valence-electron chi connectivity index (χ4n) is 3.60.